The third-order valence-corrected chi connectivity index (χ3v) is 3.88. The Bertz CT molecular complexity index is 675. The van der Waals surface area contributed by atoms with Crippen molar-refractivity contribution < 1.29 is 4.79 Å². The van der Waals surface area contributed by atoms with Gasteiger partial charge in [-0.15, -0.1) is 0 Å². The SMILES string of the molecule is CC(C)c1nccnc1-n1cc(C(=O)N(C)CC2CC2)cn1. The average molecular weight is 299 g/mol. The normalized spacial score (nSPS) is 14.4. The van der Waals surface area contributed by atoms with Gasteiger partial charge in [0.05, 0.1) is 17.5 Å². The number of aromatic nitrogens is 4. The molecule has 0 bridgehead atoms. The first-order valence-electron chi connectivity index (χ1n) is 7.67. The third-order valence-electron chi connectivity index (χ3n) is 3.88. The van der Waals surface area contributed by atoms with Crippen molar-refractivity contribution in [1.82, 2.24) is 24.6 Å². The lowest BCUT2D eigenvalue weighted by Crippen LogP contribution is -2.28. The summed E-state index contributed by atoms with van der Waals surface area (Å²) in [4.78, 5) is 22.9. The molecule has 116 valence electrons. The van der Waals surface area contributed by atoms with Crippen molar-refractivity contribution >= 4 is 5.91 Å². The molecule has 1 aliphatic carbocycles. The van der Waals surface area contributed by atoms with E-state index in [-0.39, 0.29) is 11.8 Å². The maximum absolute atomic E-state index is 12.4. The topological polar surface area (TPSA) is 63.9 Å². The van der Waals surface area contributed by atoms with Gasteiger partial charge in [0.15, 0.2) is 5.82 Å². The van der Waals surface area contributed by atoms with E-state index in [4.69, 9.17) is 0 Å². The van der Waals surface area contributed by atoms with Crippen LogP contribution in [0, 0.1) is 5.92 Å². The third kappa shape index (κ3) is 3.00. The highest BCUT2D eigenvalue weighted by atomic mass is 16.2. The summed E-state index contributed by atoms with van der Waals surface area (Å²) < 4.78 is 1.64. The van der Waals surface area contributed by atoms with Gasteiger partial charge in [-0.05, 0) is 24.7 Å². The van der Waals surface area contributed by atoms with Crippen LogP contribution >= 0.6 is 0 Å². The van der Waals surface area contributed by atoms with E-state index in [9.17, 15) is 4.79 Å². The molecule has 0 saturated heterocycles. The predicted octanol–water partition coefficient (Wildman–Crippen LogP) is 2.27. The Morgan fingerprint density at radius 1 is 1.36 bits per heavy atom. The molecule has 1 fully saturated rings. The second-order valence-corrected chi connectivity index (χ2v) is 6.22. The van der Waals surface area contributed by atoms with Gasteiger partial charge in [-0.3, -0.25) is 9.78 Å². The van der Waals surface area contributed by atoms with Crippen LogP contribution in [0.25, 0.3) is 5.82 Å². The van der Waals surface area contributed by atoms with Crippen LogP contribution in [-0.2, 0) is 0 Å². The molecule has 0 unspecified atom stereocenters. The summed E-state index contributed by atoms with van der Waals surface area (Å²) in [7, 11) is 1.85. The minimum absolute atomic E-state index is 0.00753. The molecule has 0 aliphatic heterocycles. The van der Waals surface area contributed by atoms with E-state index in [2.05, 4.69) is 28.9 Å². The Balaban J connectivity index is 1.83. The lowest BCUT2D eigenvalue weighted by Gasteiger charge is -2.15. The largest absolute Gasteiger partial charge is 0.341 e. The Labute approximate surface area is 130 Å². The maximum atomic E-state index is 12.4. The summed E-state index contributed by atoms with van der Waals surface area (Å²) in [5.41, 5.74) is 1.46. The van der Waals surface area contributed by atoms with E-state index in [0.717, 1.165) is 12.2 Å². The summed E-state index contributed by atoms with van der Waals surface area (Å²) in [6.07, 6.45) is 9.12. The molecule has 6 nitrogen and oxygen atoms in total. The number of amides is 1. The van der Waals surface area contributed by atoms with Crippen LogP contribution in [0.1, 0.15) is 48.7 Å². The highest BCUT2D eigenvalue weighted by Crippen LogP contribution is 2.29. The first-order valence-corrected chi connectivity index (χ1v) is 7.67. The van der Waals surface area contributed by atoms with Gasteiger partial charge in [-0.25, -0.2) is 9.67 Å². The van der Waals surface area contributed by atoms with Crippen LogP contribution in [0.5, 0.6) is 0 Å². The van der Waals surface area contributed by atoms with E-state index in [1.165, 1.54) is 12.8 Å². The van der Waals surface area contributed by atoms with Gasteiger partial charge in [0.2, 0.25) is 0 Å². The van der Waals surface area contributed by atoms with Gasteiger partial charge in [0, 0.05) is 32.2 Å². The Morgan fingerprint density at radius 3 is 2.77 bits per heavy atom. The number of hydrogen-bond donors (Lipinski definition) is 0. The van der Waals surface area contributed by atoms with E-state index < -0.39 is 0 Å². The second-order valence-electron chi connectivity index (χ2n) is 6.22. The Morgan fingerprint density at radius 2 is 2.09 bits per heavy atom. The fourth-order valence-corrected chi connectivity index (χ4v) is 2.47. The number of hydrogen-bond acceptors (Lipinski definition) is 4. The fourth-order valence-electron chi connectivity index (χ4n) is 2.47. The van der Waals surface area contributed by atoms with Crippen LogP contribution in [0.15, 0.2) is 24.8 Å². The number of nitrogens with zero attached hydrogens (tertiary/aromatic N) is 5. The minimum atomic E-state index is 0.00753. The quantitative estimate of drug-likeness (QED) is 0.849. The van der Waals surface area contributed by atoms with E-state index in [0.29, 0.717) is 17.3 Å². The molecule has 6 heteroatoms. The van der Waals surface area contributed by atoms with Gasteiger partial charge in [0.25, 0.3) is 5.91 Å². The summed E-state index contributed by atoms with van der Waals surface area (Å²) >= 11 is 0. The van der Waals surface area contributed by atoms with Gasteiger partial charge in [-0.2, -0.15) is 5.10 Å². The molecule has 0 spiro atoms. The van der Waals surface area contributed by atoms with Crippen molar-refractivity contribution in [3.05, 3.63) is 36.0 Å². The maximum Gasteiger partial charge on any atom is 0.256 e. The first kappa shape index (κ1) is 14.7. The molecule has 0 radical (unpaired) electrons. The average Bonchev–Trinajstić information content (AvgIpc) is 3.19. The second kappa shape index (κ2) is 5.87. The van der Waals surface area contributed by atoms with Gasteiger partial charge < -0.3 is 4.90 Å². The molecule has 22 heavy (non-hydrogen) atoms. The molecule has 1 aliphatic rings. The summed E-state index contributed by atoms with van der Waals surface area (Å²) in [5.74, 6) is 1.61. The van der Waals surface area contributed by atoms with Gasteiger partial charge in [0.1, 0.15) is 0 Å². The van der Waals surface area contributed by atoms with E-state index in [1.807, 2.05) is 7.05 Å². The van der Waals surface area contributed by atoms with Crippen LogP contribution in [0.3, 0.4) is 0 Å². The highest BCUT2D eigenvalue weighted by Gasteiger charge is 2.26. The number of rotatable bonds is 5. The van der Waals surface area contributed by atoms with Crippen LogP contribution in [0.2, 0.25) is 0 Å². The smallest absolute Gasteiger partial charge is 0.256 e. The molecular formula is C16H21N5O. The van der Waals surface area contributed by atoms with Crippen molar-refractivity contribution in [2.45, 2.75) is 32.6 Å². The van der Waals surface area contributed by atoms with Crippen LogP contribution in [0.4, 0.5) is 0 Å². The fraction of sp³-hybridized carbons (Fsp3) is 0.500. The molecule has 2 aromatic heterocycles. The van der Waals surface area contributed by atoms with Crippen LogP contribution < -0.4 is 0 Å². The zero-order valence-electron chi connectivity index (χ0n) is 13.2. The standard InChI is InChI=1S/C16H21N5O/c1-11(2)14-15(18-7-6-17-14)21-10-13(8-19-21)16(22)20(3)9-12-4-5-12/h6-8,10-12H,4-5,9H2,1-3H3. The minimum Gasteiger partial charge on any atom is -0.341 e. The van der Waals surface area contributed by atoms with Gasteiger partial charge >= 0.3 is 0 Å². The van der Waals surface area contributed by atoms with Crippen molar-refractivity contribution in [3.63, 3.8) is 0 Å². The monoisotopic (exact) mass is 299 g/mol. The zero-order valence-corrected chi connectivity index (χ0v) is 13.2. The molecule has 0 atom stereocenters. The van der Waals surface area contributed by atoms with Crippen molar-refractivity contribution in [2.75, 3.05) is 13.6 Å². The molecule has 3 rings (SSSR count). The lowest BCUT2D eigenvalue weighted by molar-refractivity contribution is 0.0788. The van der Waals surface area contributed by atoms with E-state index in [1.54, 1.807) is 34.4 Å². The Kier molecular flexibility index (Phi) is 3.92. The zero-order chi connectivity index (χ0) is 15.7. The van der Waals surface area contributed by atoms with Gasteiger partial charge in [-0.1, -0.05) is 13.8 Å². The molecule has 2 aromatic rings. The summed E-state index contributed by atoms with van der Waals surface area (Å²) in [6, 6.07) is 0. The molecule has 0 N–H and O–H groups in total. The molecule has 1 saturated carbocycles. The molecule has 1 amide bonds. The number of carbonyl (C=O) groups is 1. The number of carbonyl (C=O) groups excluding carboxylic acids is 1. The van der Waals surface area contributed by atoms with Crippen molar-refractivity contribution in [2.24, 2.45) is 5.92 Å². The molecule has 2 heterocycles. The Hall–Kier alpha value is -2.24. The lowest BCUT2D eigenvalue weighted by atomic mass is 10.1. The summed E-state index contributed by atoms with van der Waals surface area (Å²) in [5, 5.41) is 4.29. The van der Waals surface area contributed by atoms with Crippen molar-refractivity contribution in [1.29, 1.82) is 0 Å². The predicted molar refractivity (Wildman–Crippen MR) is 82.9 cm³/mol. The van der Waals surface area contributed by atoms with Crippen LogP contribution in [-0.4, -0.2) is 44.1 Å². The highest BCUT2D eigenvalue weighted by molar-refractivity contribution is 5.93. The molecular weight excluding hydrogens is 278 g/mol. The first-order chi connectivity index (χ1) is 10.6. The van der Waals surface area contributed by atoms with E-state index >= 15 is 0 Å². The van der Waals surface area contributed by atoms with Crippen molar-refractivity contribution in [3.8, 4) is 5.82 Å². The molecule has 0 aromatic carbocycles. The summed E-state index contributed by atoms with van der Waals surface area (Å²) in [6.45, 7) is 4.95.